The molecule has 0 radical (unpaired) electrons. The highest BCUT2D eigenvalue weighted by atomic mass is 19.4. The van der Waals surface area contributed by atoms with E-state index in [0.717, 1.165) is 24.2 Å². The number of carbonyl (C=O) groups is 2. The van der Waals surface area contributed by atoms with E-state index < -0.39 is 29.3 Å². The van der Waals surface area contributed by atoms with Gasteiger partial charge in [-0.2, -0.15) is 13.2 Å². The van der Waals surface area contributed by atoms with E-state index in [-0.39, 0.29) is 43.1 Å². The van der Waals surface area contributed by atoms with Gasteiger partial charge in [-0.3, -0.25) is 14.7 Å². The van der Waals surface area contributed by atoms with Crippen molar-refractivity contribution in [1.82, 2.24) is 20.1 Å². The Morgan fingerprint density at radius 1 is 1.24 bits per heavy atom. The number of nitrogens with one attached hydrogen (secondary N) is 1. The highest BCUT2D eigenvalue weighted by Crippen LogP contribution is 2.58. The molecule has 2 saturated heterocycles. The van der Waals surface area contributed by atoms with E-state index in [1.54, 1.807) is 12.0 Å². The molecule has 2 amide bonds. The number of pyridine rings is 1. The Morgan fingerprint density at radius 3 is 2.74 bits per heavy atom. The van der Waals surface area contributed by atoms with Crippen molar-refractivity contribution in [2.75, 3.05) is 33.4 Å². The molecule has 0 spiro atoms. The molecule has 9 nitrogen and oxygen atoms in total. The number of hydrogen-bond acceptors (Lipinski definition) is 6. The number of carboxylic acid groups (broad SMARTS) is 1. The van der Waals surface area contributed by atoms with Crippen molar-refractivity contribution in [2.24, 2.45) is 11.3 Å². The molecule has 4 aliphatic rings. The van der Waals surface area contributed by atoms with Crippen molar-refractivity contribution < 1.29 is 37.3 Å². The predicted octanol–water partition coefficient (Wildman–Crippen LogP) is 3.88. The van der Waals surface area contributed by atoms with Gasteiger partial charge in [-0.1, -0.05) is 30.3 Å². The molecule has 226 valence electrons. The number of likely N-dealkylation sites (tertiary alicyclic amines) is 1. The minimum absolute atomic E-state index is 0.00639. The summed E-state index contributed by atoms with van der Waals surface area (Å²) in [7, 11) is 1.64. The fourth-order valence-corrected chi connectivity index (χ4v) is 7.64. The third-order valence-electron chi connectivity index (χ3n) is 9.55. The zero-order valence-corrected chi connectivity index (χ0v) is 23.3. The maximum atomic E-state index is 14.6. The average molecular weight is 589 g/mol. The van der Waals surface area contributed by atoms with Gasteiger partial charge in [-0.15, -0.1) is 0 Å². The molecule has 2 aromatic rings. The minimum atomic E-state index is -4.54. The SMILES string of the molecule is CO[C@@H]1COCC[C@@H]1N[C@@H]1C[C@H]2C(c3ccccc3)N(C(=O)O)C[C@@]2(C(=O)N2CCc3ncc(C(F)(F)F)cc3C2)C1. The first-order valence-electron chi connectivity index (χ1n) is 14.4. The number of hydrogen-bond donors (Lipinski definition) is 2. The first-order chi connectivity index (χ1) is 20.1. The van der Waals surface area contributed by atoms with E-state index in [9.17, 15) is 27.9 Å². The maximum absolute atomic E-state index is 14.6. The Kier molecular flexibility index (Phi) is 7.65. The van der Waals surface area contributed by atoms with E-state index in [1.165, 1.54) is 4.90 Å². The van der Waals surface area contributed by atoms with Crippen LogP contribution in [0.15, 0.2) is 42.6 Å². The number of amides is 2. The fourth-order valence-electron chi connectivity index (χ4n) is 7.64. The average Bonchev–Trinajstić information content (AvgIpc) is 3.50. The standard InChI is InChI=1S/C30H35F3N4O5/c1-41-25-16-42-10-8-24(25)35-21-12-22-26(18-5-3-2-4-6-18)37(28(39)40)17-29(22,13-21)27(38)36-9-7-23-19(15-36)11-20(14-34-23)30(31,32)33/h2-6,11,14,21-22,24-26,35H,7-10,12-13,15-17H2,1H3,(H,39,40)/t21-,22+,24+,25-,26?,29+/m1/s1. The minimum Gasteiger partial charge on any atom is -0.465 e. The van der Waals surface area contributed by atoms with Gasteiger partial charge in [-0.25, -0.2) is 4.79 Å². The molecule has 3 aliphatic heterocycles. The first-order valence-corrected chi connectivity index (χ1v) is 14.4. The van der Waals surface area contributed by atoms with Crippen LogP contribution in [0.25, 0.3) is 0 Å². The highest BCUT2D eigenvalue weighted by molar-refractivity contribution is 5.86. The molecular weight excluding hydrogens is 553 g/mol. The third-order valence-corrected chi connectivity index (χ3v) is 9.55. The number of nitrogens with zero attached hydrogens (tertiary/aromatic N) is 3. The number of fused-ring (bicyclic) bond motifs is 2. The maximum Gasteiger partial charge on any atom is 0.417 e. The van der Waals surface area contributed by atoms with Gasteiger partial charge in [0.25, 0.3) is 0 Å². The zero-order chi connectivity index (χ0) is 29.6. The summed E-state index contributed by atoms with van der Waals surface area (Å²) in [6.07, 6.45) is -2.85. The molecular formula is C30H35F3N4O5. The first kappa shape index (κ1) is 28.9. The molecule has 0 bridgehead atoms. The molecule has 1 aromatic carbocycles. The molecule has 2 N–H and O–H groups in total. The summed E-state index contributed by atoms with van der Waals surface area (Å²) in [6, 6.07) is 9.88. The van der Waals surface area contributed by atoms with Crippen molar-refractivity contribution in [2.45, 2.75) is 62.6 Å². The number of aromatic nitrogens is 1. The second-order valence-electron chi connectivity index (χ2n) is 11.9. The second kappa shape index (κ2) is 11.1. The molecule has 3 fully saturated rings. The Labute approximate surface area is 242 Å². The molecule has 1 saturated carbocycles. The van der Waals surface area contributed by atoms with E-state index in [4.69, 9.17) is 9.47 Å². The van der Waals surface area contributed by atoms with Crippen LogP contribution in [-0.2, 0) is 33.4 Å². The molecule has 6 rings (SSSR count). The highest BCUT2D eigenvalue weighted by Gasteiger charge is 2.64. The predicted molar refractivity (Wildman–Crippen MR) is 144 cm³/mol. The molecule has 1 aliphatic carbocycles. The van der Waals surface area contributed by atoms with E-state index in [0.29, 0.717) is 50.3 Å². The zero-order valence-electron chi connectivity index (χ0n) is 23.3. The van der Waals surface area contributed by atoms with Gasteiger partial charge in [0, 0.05) is 69.7 Å². The van der Waals surface area contributed by atoms with E-state index in [2.05, 4.69) is 10.3 Å². The summed E-state index contributed by atoms with van der Waals surface area (Å²) in [6.45, 7) is 1.40. The van der Waals surface area contributed by atoms with Gasteiger partial charge in [0.1, 0.15) is 0 Å². The second-order valence-corrected chi connectivity index (χ2v) is 11.9. The van der Waals surface area contributed by atoms with Crippen LogP contribution in [0.3, 0.4) is 0 Å². The summed E-state index contributed by atoms with van der Waals surface area (Å²) in [5, 5.41) is 14.0. The van der Waals surface area contributed by atoms with E-state index in [1.807, 2.05) is 30.3 Å². The summed E-state index contributed by atoms with van der Waals surface area (Å²) in [5.41, 5.74) is -0.121. The van der Waals surface area contributed by atoms with Crippen LogP contribution in [0.2, 0.25) is 0 Å². The summed E-state index contributed by atoms with van der Waals surface area (Å²) in [4.78, 5) is 34.2. The molecule has 4 heterocycles. The van der Waals surface area contributed by atoms with Crippen LogP contribution in [0.1, 0.15) is 47.7 Å². The molecule has 1 aromatic heterocycles. The van der Waals surface area contributed by atoms with Crippen LogP contribution in [0.4, 0.5) is 18.0 Å². The number of benzene rings is 1. The van der Waals surface area contributed by atoms with Crippen molar-refractivity contribution in [3.8, 4) is 0 Å². The number of rotatable bonds is 5. The number of halogens is 3. The summed E-state index contributed by atoms with van der Waals surface area (Å²) in [5.74, 6) is -0.525. The van der Waals surface area contributed by atoms with Gasteiger partial charge in [-0.05, 0) is 36.5 Å². The monoisotopic (exact) mass is 588 g/mol. The Hall–Kier alpha value is -3.22. The number of alkyl halides is 3. The smallest absolute Gasteiger partial charge is 0.417 e. The van der Waals surface area contributed by atoms with Gasteiger partial charge in [0.05, 0.1) is 29.7 Å². The van der Waals surface area contributed by atoms with Gasteiger partial charge in [0.2, 0.25) is 5.91 Å². The lowest BCUT2D eigenvalue weighted by Gasteiger charge is -2.37. The summed E-state index contributed by atoms with van der Waals surface area (Å²) >= 11 is 0. The number of methoxy groups -OCH3 is 1. The largest absolute Gasteiger partial charge is 0.465 e. The van der Waals surface area contributed by atoms with Crippen molar-refractivity contribution in [3.05, 3.63) is 65.0 Å². The number of carbonyl (C=O) groups excluding carboxylic acids is 1. The van der Waals surface area contributed by atoms with Crippen LogP contribution >= 0.6 is 0 Å². The van der Waals surface area contributed by atoms with Gasteiger partial charge >= 0.3 is 12.3 Å². The Bertz CT molecular complexity index is 1330. The lowest BCUT2D eigenvalue weighted by atomic mass is 9.75. The van der Waals surface area contributed by atoms with Crippen molar-refractivity contribution >= 4 is 12.0 Å². The fraction of sp³-hybridized carbons (Fsp3) is 0.567. The lowest BCUT2D eigenvalue weighted by molar-refractivity contribution is -0.144. The molecule has 42 heavy (non-hydrogen) atoms. The van der Waals surface area contributed by atoms with Gasteiger partial charge < -0.3 is 24.8 Å². The lowest BCUT2D eigenvalue weighted by Crippen LogP contribution is -2.52. The van der Waals surface area contributed by atoms with Crippen LogP contribution in [0.5, 0.6) is 0 Å². The van der Waals surface area contributed by atoms with Gasteiger partial charge in [0.15, 0.2) is 0 Å². The molecule has 12 heteroatoms. The van der Waals surface area contributed by atoms with Crippen LogP contribution in [0, 0.1) is 11.3 Å². The molecule has 1 unspecified atom stereocenters. The Balaban J connectivity index is 1.33. The Morgan fingerprint density at radius 2 is 2.02 bits per heavy atom. The van der Waals surface area contributed by atoms with Crippen LogP contribution in [-0.4, -0.2) is 83.5 Å². The topological polar surface area (TPSA) is 104 Å². The van der Waals surface area contributed by atoms with E-state index >= 15 is 0 Å². The van der Waals surface area contributed by atoms with Crippen molar-refractivity contribution in [3.63, 3.8) is 0 Å². The third kappa shape index (κ3) is 5.13. The molecule has 6 atom stereocenters. The normalized spacial score (nSPS) is 31.1. The van der Waals surface area contributed by atoms with Crippen molar-refractivity contribution in [1.29, 1.82) is 0 Å². The summed E-state index contributed by atoms with van der Waals surface area (Å²) < 4.78 is 51.5. The number of ether oxygens (including phenoxy) is 2. The van der Waals surface area contributed by atoms with Crippen LogP contribution < -0.4 is 5.32 Å². The quantitative estimate of drug-likeness (QED) is 0.547.